The molecule has 0 amide bonds. The first-order chi connectivity index (χ1) is 22.5. The van der Waals surface area contributed by atoms with Gasteiger partial charge >= 0.3 is 0 Å². The zero-order chi connectivity index (χ0) is 33.3. The number of aryl methyl sites for hydroxylation is 2. The lowest BCUT2D eigenvalue weighted by molar-refractivity contribution is 0.584. The van der Waals surface area contributed by atoms with Crippen LogP contribution in [0.15, 0.2) is 91.0 Å². The molecule has 0 N–H and O–H groups in total. The average molecular weight is 619 g/mol. The van der Waals surface area contributed by atoms with Crippen molar-refractivity contribution in [3.63, 3.8) is 0 Å². The van der Waals surface area contributed by atoms with E-state index in [4.69, 9.17) is 0 Å². The molecule has 2 aliphatic rings. The van der Waals surface area contributed by atoms with Crippen molar-refractivity contribution < 1.29 is 0 Å². The van der Waals surface area contributed by atoms with Crippen LogP contribution in [0, 0.1) is 10.4 Å². The highest BCUT2D eigenvalue weighted by atomic mass is 14.3. The fraction of sp³-hybridized carbons (Fsp3) is 0.362. The lowest BCUT2D eigenvalue weighted by Crippen LogP contribution is -2.29. The van der Waals surface area contributed by atoms with Crippen LogP contribution in [0.5, 0.6) is 0 Å². The summed E-state index contributed by atoms with van der Waals surface area (Å²) in [6, 6.07) is 28.8. The second kappa shape index (κ2) is 13.3. The summed E-state index contributed by atoms with van der Waals surface area (Å²) < 4.78 is 0. The van der Waals surface area contributed by atoms with E-state index < -0.39 is 0 Å². The molecule has 0 nitrogen and oxygen atoms in total. The molecule has 47 heavy (non-hydrogen) atoms. The summed E-state index contributed by atoms with van der Waals surface area (Å²) >= 11 is 0. The number of unbranched alkanes of at least 4 members (excludes halogenated alkanes) is 2. The Labute approximate surface area is 284 Å². The van der Waals surface area contributed by atoms with E-state index in [0.717, 1.165) is 19.3 Å². The summed E-state index contributed by atoms with van der Waals surface area (Å²) in [5, 5.41) is 5.49. The highest BCUT2D eigenvalue weighted by Gasteiger charge is 2.26. The number of fused-ring (bicyclic) bond motifs is 2. The highest BCUT2D eigenvalue weighted by molar-refractivity contribution is 5.88. The Kier molecular flexibility index (Phi) is 9.35. The quantitative estimate of drug-likeness (QED) is 0.154. The van der Waals surface area contributed by atoms with Crippen LogP contribution in [0.1, 0.15) is 132 Å². The van der Waals surface area contributed by atoms with Crippen LogP contribution in [-0.4, -0.2) is 0 Å². The van der Waals surface area contributed by atoms with Gasteiger partial charge in [-0.2, -0.15) is 0 Å². The zero-order valence-corrected chi connectivity index (χ0v) is 30.2. The average Bonchev–Trinajstić information content (AvgIpc) is 3.71. The van der Waals surface area contributed by atoms with E-state index in [-0.39, 0.29) is 10.8 Å². The Hall–Kier alpha value is -3.90. The molecule has 0 fully saturated rings. The lowest BCUT2D eigenvalue weighted by atomic mass is 9.78. The summed E-state index contributed by atoms with van der Waals surface area (Å²) in [4.78, 5) is 0. The van der Waals surface area contributed by atoms with Gasteiger partial charge < -0.3 is 0 Å². The summed E-state index contributed by atoms with van der Waals surface area (Å²) in [5.74, 6) is 0. The van der Waals surface area contributed by atoms with Gasteiger partial charge in [-0.3, -0.25) is 0 Å². The van der Waals surface area contributed by atoms with E-state index in [9.17, 15) is 0 Å². The Balaban J connectivity index is 1.77. The topological polar surface area (TPSA) is 0 Å². The van der Waals surface area contributed by atoms with Gasteiger partial charge in [0.05, 0.1) is 0 Å². The van der Waals surface area contributed by atoms with Crippen molar-refractivity contribution in [2.45, 2.75) is 111 Å². The van der Waals surface area contributed by atoms with Crippen LogP contribution < -0.4 is 10.4 Å². The van der Waals surface area contributed by atoms with Gasteiger partial charge in [-0.25, -0.2) is 0 Å². The van der Waals surface area contributed by atoms with E-state index in [1.807, 2.05) is 0 Å². The minimum Gasteiger partial charge on any atom is -0.0801 e. The molecule has 0 atom stereocenters. The summed E-state index contributed by atoms with van der Waals surface area (Å²) in [6.45, 7) is 18.7. The summed E-state index contributed by atoms with van der Waals surface area (Å²) in [7, 11) is 0. The molecule has 242 valence electrons. The summed E-state index contributed by atoms with van der Waals surface area (Å²) in [6.07, 6.45) is 17.5. The third kappa shape index (κ3) is 6.76. The first-order valence-corrected chi connectivity index (χ1v) is 18.1. The fourth-order valence-electron chi connectivity index (χ4n) is 7.32. The van der Waals surface area contributed by atoms with Gasteiger partial charge in [-0.1, -0.05) is 153 Å². The van der Waals surface area contributed by atoms with Crippen LogP contribution in [0.3, 0.4) is 0 Å². The van der Waals surface area contributed by atoms with Gasteiger partial charge in [0.15, 0.2) is 0 Å². The minimum absolute atomic E-state index is 0.0660. The molecule has 0 spiro atoms. The van der Waals surface area contributed by atoms with Gasteiger partial charge in [0.25, 0.3) is 0 Å². The number of rotatable bonds is 9. The monoisotopic (exact) mass is 618 g/mol. The first kappa shape index (κ1) is 33.0. The van der Waals surface area contributed by atoms with Crippen molar-refractivity contribution in [1.29, 1.82) is 0 Å². The predicted octanol–water partition coefficient (Wildman–Crippen LogP) is 11.0. The third-order valence-electron chi connectivity index (χ3n) is 10.2. The molecular formula is C47H54. The minimum atomic E-state index is -0.0660. The molecule has 0 heterocycles. The molecular weight excluding hydrogens is 565 g/mol. The molecule has 0 bridgehead atoms. The molecule has 0 saturated heterocycles. The van der Waals surface area contributed by atoms with Gasteiger partial charge in [0.1, 0.15) is 0 Å². The molecule has 0 unspecified atom stereocenters. The van der Waals surface area contributed by atoms with Gasteiger partial charge in [0, 0.05) is 0 Å². The Morgan fingerprint density at radius 3 is 1.74 bits per heavy atom. The van der Waals surface area contributed by atoms with Crippen molar-refractivity contribution in [2.75, 3.05) is 0 Å². The van der Waals surface area contributed by atoms with Gasteiger partial charge in [-0.05, 0) is 132 Å². The predicted molar refractivity (Wildman–Crippen MR) is 204 cm³/mol. The molecule has 4 aromatic carbocycles. The van der Waals surface area contributed by atoms with Crippen molar-refractivity contribution >= 4 is 17.2 Å². The van der Waals surface area contributed by atoms with Crippen LogP contribution in [0.25, 0.3) is 17.2 Å². The van der Waals surface area contributed by atoms with Crippen LogP contribution in [-0.2, 0) is 23.7 Å². The smallest absolute Gasteiger partial charge is 0.00295 e. The molecule has 0 aromatic heterocycles. The number of hydrogen-bond acceptors (Lipinski definition) is 0. The Morgan fingerprint density at radius 1 is 0.660 bits per heavy atom. The SMILES string of the molecule is CCCCc1ccc(C(c2ccc(CCCC)cc2)=c2c(C(C)(C)C)cc3c(c2C2=CC=CC2)C=c2ccc(C(C)(C)C)cc2=3)cc1. The summed E-state index contributed by atoms with van der Waals surface area (Å²) in [5.41, 5.74) is 13.8. The van der Waals surface area contributed by atoms with Crippen LogP contribution in [0.2, 0.25) is 0 Å². The standard InChI is InChI=1S/C47H54/c1-9-11-15-32-19-23-35(24-20-32)43(36-25-21-33(22-26-36)16-12-10-2)45-42(47(6,7)8)31-40-39-30-38(46(3,4)5)28-27-37(39)29-41(40)44(45)34-17-13-14-18-34/h13-14,17,19-31H,9-12,15-16,18H2,1-8H3. The van der Waals surface area contributed by atoms with E-state index in [1.165, 1.54) is 102 Å². The maximum absolute atomic E-state index is 2.55. The first-order valence-electron chi connectivity index (χ1n) is 18.1. The maximum Gasteiger partial charge on any atom is -0.00295 e. The Bertz CT molecular complexity index is 2000. The zero-order valence-electron chi connectivity index (χ0n) is 30.2. The molecule has 2 aliphatic carbocycles. The molecule has 0 saturated carbocycles. The van der Waals surface area contributed by atoms with Crippen molar-refractivity contribution in [3.05, 3.63) is 156 Å². The molecule has 0 heteroatoms. The Morgan fingerprint density at radius 2 is 1.26 bits per heavy atom. The molecule has 4 aromatic rings. The molecule has 6 rings (SSSR count). The second-order valence-corrected chi connectivity index (χ2v) is 15.9. The van der Waals surface area contributed by atoms with Crippen molar-refractivity contribution in [1.82, 2.24) is 0 Å². The number of benzene rings is 4. The molecule has 0 radical (unpaired) electrons. The van der Waals surface area contributed by atoms with Crippen molar-refractivity contribution in [2.24, 2.45) is 0 Å². The van der Waals surface area contributed by atoms with Gasteiger partial charge in [0.2, 0.25) is 0 Å². The third-order valence-corrected chi connectivity index (χ3v) is 10.2. The van der Waals surface area contributed by atoms with Gasteiger partial charge in [-0.15, -0.1) is 0 Å². The van der Waals surface area contributed by atoms with Crippen LogP contribution >= 0.6 is 0 Å². The molecule has 0 aliphatic heterocycles. The number of hydrogen-bond donors (Lipinski definition) is 0. The maximum atomic E-state index is 2.55. The fourth-order valence-corrected chi connectivity index (χ4v) is 7.32. The normalized spacial score (nSPS) is 13.7. The van der Waals surface area contributed by atoms with E-state index in [0.29, 0.717) is 0 Å². The van der Waals surface area contributed by atoms with E-state index in [1.54, 1.807) is 0 Å². The van der Waals surface area contributed by atoms with Crippen LogP contribution in [0.4, 0.5) is 0 Å². The van der Waals surface area contributed by atoms with E-state index in [2.05, 4.69) is 152 Å². The second-order valence-electron chi connectivity index (χ2n) is 15.9. The lowest BCUT2D eigenvalue weighted by Gasteiger charge is -2.26. The highest BCUT2D eigenvalue weighted by Crippen LogP contribution is 2.34. The number of allylic oxidation sites excluding steroid dienone is 4. The van der Waals surface area contributed by atoms with Crippen molar-refractivity contribution in [3.8, 4) is 0 Å². The van der Waals surface area contributed by atoms with E-state index >= 15 is 0 Å². The largest absolute Gasteiger partial charge is 0.0801 e.